The SMILES string of the molecule is O=C1Nc2ccccc2C(c2ccccc2)=NC1Nc1nnc(-c2ccnn2-c2ccccc2)o1. The van der Waals surface area contributed by atoms with Gasteiger partial charge in [-0.15, -0.1) is 5.10 Å². The molecule has 2 N–H and O–H groups in total. The minimum Gasteiger partial charge on any atom is -0.402 e. The zero-order valence-electron chi connectivity index (χ0n) is 18.4. The van der Waals surface area contributed by atoms with Crippen molar-refractivity contribution >= 4 is 23.3 Å². The molecule has 1 atom stereocenters. The van der Waals surface area contributed by atoms with Crippen LogP contribution in [0.3, 0.4) is 0 Å². The summed E-state index contributed by atoms with van der Waals surface area (Å²) >= 11 is 0. The van der Waals surface area contributed by atoms with Crippen molar-refractivity contribution in [1.82, 2.24) is 20.0 Å². The summed E-state index contributed by atoms with van der Waals surface area (Å²) in [6.45, 7) is 0. The summed E-state index contributed by atoms with van der Waals surface area (Å²) < 4.78 is 7.56. The van der Waals surface area contributed by atoms with Gasteiger partial charge in [-0.1, -0.05) is 71.8 Å². The first kappa shape index (κ1) is 20.5. The molecule has 1 aliphatic heterocycles. The van der Waals surface area contributed by atoms with Crippen LogP contribution in [0.25, 0.3) is 17.3 Å². The topological polar surface area (TPSA) is 110 Å². The van der Waals surface area contributed by atoms with E-state index < -0.39 is 6.17 Å². The zero-order valence-corrected chi connectivity index (χ0v) is 18.4. The van der Waals surface area contributed by atoms with Gasteiger partial charge in [0.25, 0.3) is 11.8 Å². The van der Waals surface area contributed by atoms with E-state index in [-0.39, 0.29) is 17.8 Å². The molecule has 0 saturated carbocycles. The highest BCUT2D eigenvalue weighted by atomic mass is 16.4. The number of anilines is 2. The Hall–Kier alpha value is -5.05. The maximum Gasteiger partial charge on any atom is 0.317 e. The lowest BCUT2D eigenvalue weighted by molar-refractivity contribution is -0.116. The van der Waals surface area contributed by atoms with E-state index >= 15 is 0 Å². The van der Waals surface area contributed by atoms with Gasteiger partial charge in [-0.3, -0.25) is 4.79 Å². The number of aromatic nitrogens is 4. The molecule has 9 heteroatoms. The highest BCUT2D eigenvalue weighted by Gasteiger charge is 2.27. The van der Waals surface area contributed by atoms with E-state index in [1.54, 1.807) is 16.9 Å². The third-order valence-corrected chi connectivity index (χ3v) is 5.54. The Labute approximate surface area is 200 Å². The average molecular weight is 461 g/mol. The minimum atomic E-state index is -0.982. The predicted octanol–water partition coefficient (Wildman–Crippen LogP) is 4.15. The Kier molecular flexibility index (Phi) is 5.12. The smallest absolute Gasteiger partial charge is 0.317 e. The summed E-state index contributed by atoms with van der Waals surface area (Å²) in [5.74, 6) is -0.0732. The van der Waals surface area contributed by atoms with Gasteiger partial charge in [0.1, 0.15) is 5.69 Å². The molecule has 9 nitrogen and oxygen atoms in total. The molecule has 0 fully saturated rings. The molecule has 1 unspecified atom stereocenters. The fourth-order valence-corrected chi connectivity index (χ4v) is 3.92. The van der Waals surface area contributed by atoms with Gasteiger partial charge in [0.2, 0.25) is 6.17 Å². The maximum atomic E-state index is 13.0. The Morgan fingerprint density at radius 2 is 1.60 bits per heavy atom. The summed E-state index contributed by atoms with van der Waals surface area (Å²) in [5, 5.41) is 18.5. The van der Waals surface area contributed by atoms with Crippen molar-refractivity contribution in [3.05, 3.63) is 108 Å². The molecule has 0 aliphatic carbocycles. The molecule has 6 rings (SSSR count). The van der Waals surface area contributed by atoms with E-state index in [1.807, 2.05) is 84.9 Å². The van der Waals surface area contributed by atoms with Crippen LogP contribution in [0.5, 0.6) is 0 Å². The van der Waals surface area contributed by atoms with Crippen LogP contribution in [0.1, 0.15) is 11.1 Å². The van der Waals surface area contributed by atoms with E-state index in [1.165, 1.54) is 0 Å². The molecule has 2 aromatic heterocycles. The molecule has 5 aromatic rings. The zero-order chi connectivity index (χ0) is 23.6. The Balaban J connectivity index is 1.33. The molecule has 0 spiro atoms. The number of hydrogen-bond donors (Lipinski definition) is 2. The number of carbonyl (C=O) groups excluding carboxylic acids is 1. The van der Waals surface area contributed by atoms with E-state index in [9.17, 15) is 4.79 Å². The second kappa shape index (κ2) is 8.71. The van der Waals surface area contributed by atoms with Crippen LogP contribution >= 0.6 is 0 Å². The minimum absolute atomic E-state index is 0.0723. The van der Waals surface area contributed by atoms with E-state index in [4.69, 9.17) is 9.41 Å². The number of rotatable bonds is 5. The molecule has 3 heterocycles. The summed E-state index contributed by atoms with van der Waals surface area (Å²) in [6.07, 6.45) is 0.677. The molecule has 1 amide bonds. The van der Waals surface area contributed by atoms with Gasteiger partial charge in [0, 0.05) is 11.1 Å². The number of nitrogens with zero attached hydrogens (tertiary/aromatic N) is 5. The van der Waals surface area contributed by atoms with Crippen molar-refractivity contribution in [2.75, 3.05) is 10.6 Å². The standard InChI is InChI=1S/C26H19N7O2/c34-24-23(29-22(17-9-3-1-4-10-17)19-13-7-8-14-20(19)28-24)30-26-32-31-25(35-26)21-15-16-27-33(21)18-11-5-2-6-12-18/h1-16,23H,(H,28,34)(H,30,32). The van der Waals surface area contributed by atoms with Gasteiger partial charge < -0.3 is 15.1 Å². The summed E-state index contributed by atoms with van der Waals surface area (Å²) in [5.41, 5.74) is 4.57. The average Bonchev–Trinajstić information content (AvgIpc) is 3.55. The molecule has 0 radical (unpaired) electrons. The Morgan fingerprint density at radius 3 is 2.43 bits per heavy atom. The van der Waals surface area contributed by atoms with Crippen molar-refractivity contribution in [2.24, 2.45) is 4.99 Å². The molecule has 170 valence electrons. The van der Waals surface area contributed by atoms with Gasteiger partial charge in [-0.05, 0) is 24.3 Å². The second-order valence-electron chi connectivity index (χ2n) is 7.80. The third kappa shape index (κ3) is 3.95. The lowest BCUT2D eigenvalue weighted by atomic mass is 10.0. The summed E-state index contributed by atoms with van der Waals surface area (Å²) in [7, 11) is 0. The number of carbonyl (C=O) groups is 1. The number of hydrogen-bond acceptors (Lipinski definition) is 7. The van der Waals surface area contributed by atoms with Crippen LogP contribution in [-0.4, -0.2) is 37.8 Å². The maximum absolute atomic E-state index is 13.0. The van der Waals surface area contributed by atoms with E-state index in [0.717, 1.165) is 16.8 Å². The van der Waals surface area contributed by atoms with Crippen molar-refractivity contribution in [3.63, 3.8) is 0 Å². The number of amides is 1. The number of aliphatic imine (C=N–C) groups is 1. The molecule has 0 saturated heterocycles. The predicted molar refractivity (Wildman–Crippen MR) is 131 cm³/mol. The van der Waals surface area contributed by atoms with Crippen molar-refractivity contribution in [3.8, 4) is 17.3 Å². The third-order valence-electron chi connectivity index (χ3n) is 5.54. The molecule has 0 bridgehead atoms. The monoisotopic (exact) mass is 461 g/mol. The van der Waals surface area contributed by atoms with Gasteiger partial charge >= 0.3 is 6.01 Å². The molecule has 3 aromatic carbocycles. The second-order valence-corrected chi connectivity index (χ2v) is 7.80. The molecule has 1 aliphatic rings. The van der Waals surface area contributed by atoms with Crippen molar-refractivity contribution in [1.29, 1.82) is 0 Å². The molecular weight excluding hydrogens is 442 g/mol. The normalized spacial score (nSPS) is 15.0. The van der Waals surface area contributed by atoms with Gasteiger partial charge in [-0.2, -0.15) is 5.10 Å². The lowest BCUT2D eigenvalue weighted by Crippen LogP contribution is -2.32. The van der Waals surface area contributed by atoms with Crippen molar-refractivity contribution < 1.29 is 9.21 Å². The first-order valence-electron chi connectivity index (χ1n) is 11.0. The highest BCUT2D eigenvalue weighted by molar-refractivity contribution is 6.19. The first-order chi connectivity index (χ1) is 17.3. The largest absolute Gasteiger partial charge is 0.402 e. The van der Waals surface area contributed by atoms with Crippen LogP contribution in [-0.2, 0) is 4.79 Å². The lowest BCUT2D eigenvalue weighted by Gasteiger charge is -2.11. The molecule has 35 heavy (non-hydrogen) atoms. The fourth-order valence-electron chi connectivity index (χ4n) is 3.92. The van der Waals surface area contributed by atoms with Gasteiger partial charge in [0.05, 0.1) is 23.3 Å². The number of benzodiazepines with no additional fused rings is 1. The molecular formula is C26H19N7O2. The summed E-state index contributed by atoms with van der Waals surface area (Å²) in [4.78, 5) is 17.8. The van der Waals surface area contributed by atoms with Crippen LogP contribution in [0, 0.1) is 0 Å². The van der Waals surface area contributed by atoms with Crippen LogP contribution in [0.15, 0.2) is 107 Å². The number of fused-ring (bicyclic) bond motifs is 1. The number of nitrogens with one attached hydrogen (secondary N) is 2. The quantitative estimate of drug-likeness (QED) is 0.407. The highest BCUT2D eigenvalue weighted by Crippen LogP contribution is 2.26. The van der Waals surface area contributed by atoms with Crippen LogP contribution in [0.2, 0.25) is 0 Å². The summed E-state index contributed by atoms with van der Waals surface area (Å²) in [6, 6.07) is 28.8. The van der Waals surface area contributed by atoms with E-state index in [0.29, 0.717) is 17.1 Å². The fraction of sp³-hybridized carbons (Fsp3) is 0.0385. The van der Waals surface area contributed by atoms with Crippen LogP contribution in [0.4, 0.5) is 11.7 Å². The van der Waals surface area contributed by atoms with Crippen molar-refractivity contribution in [2.45, 2.75) is 6.17 Å². The van der Waals surface area contributed by atoms with E-state index in [2.05, 4.69) is 25.9 Å². The van der Waals surface area contributed by atoms with Gasteiger partial charge in [-0.25, -0.2) is 9.67 Å². The van der Waals surface area contributed by atoms with Gasteiger partial charge in [0.15, 0.2) is 0 Å². The number of benzene rings is 3. The number of para-hydroxylation sites is 2. The first-order valence-corrected chi connectivity index (χ1v) is 11.0. The Morgan fingerprint density at radius 1 is 0.857 bits per heavy atom. The van der Waals surface area contributed by atoms with Crippen LogP contribution < -0.4 is 10.6 Å². The Bertz CT molecular complexity index is 1520.